The zero-order valence-corrected chi connectivity index (χ0v) is 11.2. The van der Waals surface area contributed by atoms with Gasteiger partial charge in [-0.3, -0.25) is 4.90 Å². The molecule has 1 unspecified atom stereocenters. The molecule has 0 spiro atoms. The van der Waals surface area contributed by atoms with Gasteiger partial charge in [0.25, 0.3) is 0 Å². The van der Waals surface area contributed by atoms with Gasteiger partial charge in [-0.1, -0.05) is 6.92 Å². The van der Waals surface area contributed by atoms with Crippen LogP contribution in [-0.4, -0.2) is 40.5 Å². The first-order valence-electron chi connectivity index (χ1n) is 6.60. The van der Waals surface area contributed by atoms with E-state index in [1.165, 1.54) is 6.07 Å². The number of nitrogens with two attached hydrogens (primary N) is 1. The smallest absolute Gasteiger partial charge is 0.384 e. The van der Waals surface area contributed by atoms with Crippen LogP contribution in [0.15, 0.2) is 6.07 Å². The standard InChI is InChI=1S/C12H18F3N5/c1-2-20-5-3-4-8(20)7-17-10-6-9(16)18-11(19-10)12(13,14)15/h6,8H,2-5,7H2,1H3,(H3,16,17,18,19). The van der Waals surface area contributed by atoms with Crippen LogP contribution in [0.1, 0.15) is 25.6 Å². The van der Waals surface area contributed by atoms with Gasteiger partial charge in [-0.25, -0.2) is 9.97 Å². The summed E-state index contributed by atoms with van der Waals surface area (Å²) >= 11 is 0. The van der Waals surface area contributed by atoms with Crippen molar-refractivity contribution in [2.75, 3.05) is 30.7 Å². The van der Waals surface area contributed by atoms with E-state index in [-0.39, 0.29) is 11.6 Å². The van der Waals surface area contributed by atoms with Gasteiger partial charge in [0.05, 0.1) is 0 Å². The number of nitrogens with zero attached hydrogens (tertiary/aromatic N) is 3. The molecule has 0 bridgehead atoms. The first-order chi connectivity index (χ1) is 9.40. The van der Waals surface area contributed by atoms with Gasteiger partial charge in [-0.2, -0.15) is 13.2 Å². The Morgan fingerprint density at radius 2 is 2.20 bits per heavy atom. The molecule has 0 amide bonds. The number of likely N-dealkylation sites (N-methyl/N-ethyl adjacent to an activating group) is 1. The molecule has 2 heterocycles. The van der Waals surface area contributed by atoms with Gasteiger partial charge < -0.3 is 11.1 Å². The Balaban J connectivity index is 2.04. The Kier molecular flexibility index (Phi) is 4.32. The van der Waals surface area contributed by atoms with E-state index in [9.17, 15) is 13.2 Å². The van der Waals surface area contributed by atoms with E-state index in [4.69, 9.17) is 5.73 Å². The number of aromatic nitrogens is 2. The Labute approximate surface area is 115 Å². The van der Waals surface area contributed by atoms with Crippen LogP contribution in [0.25, 0.3) is 0 Å². The Morgan fingerprint density at radius 1 is 1.45 bits per heavy atom. The zero-order chi connectivity index (χ0) is 14.8. The van der Waals surface area contributed by atoms with Gasteiger partial charge in [-0.15, -0.1) is 0 Å². The molecule has 112 valence electrons. The van der Waals surface area contributed by atoms with Crippen molar-refractivity contribution in [2.24, 2.45) is 0 Å². The van der Waals surface area contributed by atoms with Gasteiger partial charge in [0.1, 0.15) is 11.6 Å². The summed E-state index contributed by atoms with van der Waals surface area (Å²) in [4.78, 5) is 8.97. The fraction of sp³-hybridized carbons (Fsp3) is 0.667. The van der Waals surface area contributed by atoms with Crippen LogP contribution >= 0.6 is 0 Å². The van der Waals surface area contributed by atoms with Crippen molar-refractivity contribution in [2.45, 2.75) is 32.0 Å². The zero-order valence-electron chi connectivity index (χ0n) is 11.2. The van der Waals surface area contributed by atoms with Crippen molar-refractivity contribution in [3.63, 3.8) is 0 Å². The van der Waals surface area contributed by atoms with E-state index in [1.807, 2.05) is 0 Å². The fourth-order valence-electron chi connectivity index (χ4n) is 2.45. The van der Waals surface area contributed by atoms with Crippen LogP contribution in [0.3, 0.4) is 0 Å². The lowest BCUT2D eigenvalue weighted by atomic mass is 10.2. The molecular formula is C12H18F3N5. The Bertz CT molecular complexity index is 463. The van der Waals surface area contributed by atoms with E-state index in [2.05, 4.69) is 27.1 Å². The molecular weight excluding hydrogens is 271 g/mol. The third-order valence-corrected chi connectivity index (χ3v) is 3.42. The van der Waals surface area contributed by atoms with E-state index >= 15 is 0 Å². The molecule has 0 aliphatic carbocycles. The third-order valence-electron chi connectivity index (χ3n) is 3.42. The van der Waals surface area contributed by atoms with Crippen molar-refractivity contribution in [3.8, 4) is 0 Å². The van der Waals surface area contributed by atoms with Gasteiger partial charge in [-0.05, 0) is 25.9 Å². The molecule has 5 nitrogen and oxygen atoms in total. The van der Waals surface area contributed by atoms with E-state index < -0.39 is 12.0 Å². The topological polar surface area (TPSA) is 67.1 Å². The second kappa shape index (κ2) is 5.82. The number of hydrogen-bond donors (Lipinski definition) is 2. The molecule has 1 atom stereocenters. The van der Waals surface area contributed by atoms with Gasteiger partial charge in [0.2, 0.25) is 5.82 Å². The molecule has 2 rings (SSSR count). The van der Waals surface area contributed by atoms with Crippen LogP contribution < -0.4 is 11.1 Å². The summed E-state index contributed by atoms with van der Waals surface area (Å²) < 4.78 is 37.8. The van der Waals surface area contributed by atoms with E-state index in [1.54, 1.807) is 0 Å². The molecule has 1 aromatic heterocycles. The molecule has 8 heteroatoms. The fourth-order valence-corrected chi connectivity index (χ4v) is 2.45. The molecule has 1 aliphatic rings. The average molecular weight is 289 g/mol. The quantitative estimate of drug-likeness (QED) is 0.887. The number of anilines is 2. The molecule has 3 N–H and O–H groups in total. The molecule has 0 radical (unpaired) electrons. The highest BCUT2D eigenvalue weighted by atomic mass is 19.4. The molecule has 1 aromatic rings. The summed E-state index contributed by atoms with van der Waals surface area (Å²) in [5.74, 6) is -1.28. The number of halogens is 3. The maximum absolute atomic E-state index is 12.6. The van der Waals surface area contributed by atoms with E-state index in [0.717, 1.165) is 25.9 Å². The number of nitrogen functional groups attached to an aromatic ring is 1. The molecule has 1 aliphatic heterocycles. The monoisotopic (exact) mass is 289 g/mol. The van der Waals surface area contributed by atoms with Crippen molar-refractivity contribution < 1.29 is 13.2 Å². The highest BCUT2D eigenvalue weighted by Gasteiger charge is 2.35. The minimum Gasteiger partial charge on any atom is -0.384 e. The Hall–Kier alpha value is -1.57. The number of rotatable bonds is 4. The van der Waals surface area contributed by atoms with Crippen LogP contribution in [0, 0.1) is 0 Å². The molecule has 0 saturated carbocycles. The van der Waals surface area contributed by atoms with Crippen LogP contribution in [0.4, 0.5) is 24.8 Å². The van der Waals surface area contributed by atoms with Crippen LogP contribution in [0.5, 0.6) is 0 Å². The van der Waals surface area contributed by atoms with E-state index in [0.29, 0.717) is 12.6 Å². The second-order valence-electron chi connectivity index (χ2n) is 4.80. The predicted octanol–water partition coefficient (Wildman–Crippen LogP) is 1.97. The number of likely N-dealkylation sites (tertiary alicyclic amines) is 1. The second-order valence-corrected chi connectivity index (χ2v) is 4.80. The molecule has 1 fully saturated rings. The highest BCUT2D eigenvalue weighted by Crippen LogP contribution is 2.27. The summed E-state index contributed by atoms with van der Waals surface area (Å²) in [6.45, 7) is 4.60. The lowest BCUT2D eigenvalue weighted by Crippen LogP contribution is -2.34. The maximum atomic E-state index is 12.6. The number of alkyl halides is 3. The first kappa shape index (κ1) is 14.8. The molecule has 20 heavy (non-hydrogen) atoms. The lowest BCUT2D eigenvalue weighted by Gasteiger charge is -2.23. The predicted molar refractivity (Wildman–Crippen MR) is 70.2 cm³/mol. The van der Waals surface area contributed by atoms with Crippen LogP contribution in [0.2, 0.25) is 0 Å². The molecule has 1 saturated heterocycles. The van der Waals surface area contributed by atoms with Gasteiger partial charge >= 0.3 is 6.18 Å². The first-order valence-corrected chi connectivity index (χ1v) is 6.60. The summed E-state index contributed by atoms with van der Waals surface area (Å²) in [5.41, 5.74) is 5.39. The third kappa shape index (κ3) is 3.50. The summed E-state index contributed by atoms with van der Waals surface area (Å²) in [6, 6.07) is 1.64. The van der Waals surface area contributed by atoms with Gasteiger partial charge in [0, 0.05) is 18.7 Å². The summed E-state index contributed by atoms with van der Waals surface area (Å²) in [5, 5.41) is 2.93. The number of nitrogens with one attached hydrogen (secondary N) is 1. The summed E-state index contributed by atoms with van der Waals surface area (Å²) in [6.07, 6.45) is -2.44. The summed E-state index contributed by atoms with van der Waals surface area (Å²) in [7, 11) is 0. The van der Waals surface area contributed by atoms with Crippen molar-refractivity contribution in [1.82, 2.24) is 14.9 Å². The minimum absolute atomic E-state index is 0.118. The Morgan fingerprint density at radius 3 is 2.85 bits per heavy atom. The largest absolute Gasteiger partial charge is 0.451 e. The lowest BCUT2D eigenvalue weighted by molar-refractivity contribution is -0.144. The van der Waals surface area contributed by atoms with Crippen molar-refractivity contribution >= 4 is 11.6 Å². The highest BCUT2D eigenvalue weighted by molar-refractivity contribution is 5.45. The molecule has 0 aromatic carbocycles. The maximum Gasteiger partial charge on any atom is 0.451 e. The minimum atomic E-state index is -4.59. The van der Waals surface area contributed by atoms with Crippen LogP contribution in [-0.2, 0) is 6.18 Å². The number of hydrogen-bond acceptors (Lipinski definition) is 5. The normalized spacial score (nSPS) is 20.3. The van der Waals surface area contributed by atoms with Crippen molar-refractivity contribution in [1.29, 1.82) is 0 Å². The van der Waals surface area contributed by atoms with Crippen molar-refractivity contribution in [3.05, 3.63) is 11.9 Å². The SMILES string of the molecule is CCN1CCCC1CNc1cc(N)nc(C(F)(F)F)n1. The van der Waals surface area contributed by atoms with Gasteiger partial charge in [0.15, 0.2) is 0 Å². The average Bonchev–Trinajstić information content (AvgIpc) is 2.82.